The first kappa shape index (κ1) is 45.7. The molecule has 4 heterocycles. The van der Waals surface area contributed by atoms with E-state index in [2.05, 4.69) is 187 Å². The van der Waals surface area contributed by atoms with Gasteiger partial charge in [-0.25, -0.2) is 14.1 Å². The maximum atomic E-state index is 8.06. The fourth-order valence-corrected chi connectivity index (χ4v) is 7.38. The van der Waals surface area contributed by atoms with Crippen LogP contribution in [0.2, 0.25) is 0 Å². The first-order valence-corrected chi connectivity index (χ1v) is 19.9. The average molecular weight is 1180 g/mol. The Morgan fingerprint density at radius 1 is 0.597 bits per heavy atom. The number of benzene rings is 6. The van der Waals surface area contributed by atoms with Crippen LogP contribution in [0.1, 0.15) is 0 Å². The summed E-state index contributed by atoms with van der Waals surface area (Å²) >= 11 is 1.70. The van der Waals surface area contributed by atoms with Crippen LogP contribution in [0.15, 0.2) is 207 Å². The van der Waals surface area contributed by atoms with Gasteiger partial charge in [-0.3, -0.25) is 0 Å². The second kappa shape index (κ2) is 21.8. The van der Waals surface area contributed by atoms with Crippen LogP contribution in [0.4, 0.5) is 51.3 Å². The molecule has 1 aliphatic rings. The molecule has 10 rings (SSSR count). The predicted molar refractivity (Wildman–Crippen MR) is 237 cm³/mol. The van der Waals surface area contributed by atoms with E-state index in [4.69, 9.17) is 3.25 Å². The van der Waals surface area contributed by atoms with Crippen LogP contribution in [-0.2, 0) is 73.8 Å². The minimum atomic E-state index is 0. The molecule has 0 atom stereocenters. The van der Waals surface area contributed by atoms with Crippen molar-refractivity contribution in [2.45, 2.75) is 0 Å². The summed E-state index contributed by atoms with van der Waals surface area (Å²) in [4.78, 5) is 17.7. The number of aromatic nitrogens is 4. The quantitative estimate of drug-likeness (QED) is 0.0853. The normalized spacial score (nSPS) is 11.2. The third kappa shape index (κ3) is 9.95. The molecule has 0 spiro atoms. The van der Waals surface area contributed by atoms with Crippen LogP contribution in [-0.4, -0.2) is 21.6 Å². The van der Waals surface area contributed by atoms with E-state index >= 15 is 0 Å². The van der Waals surface area contributed by atoms with Crippen molar-refractivity contribution >= 4 is 62.5 Å². The van der Waals surface area contributed by atoms with Crippen molar-refractivity contribution in [2.75, 3.05) is 26.6 Å². The molecule has 1 aliphatic heterocycles. The van der Waals surface area contributed by atoms with Gasteiger partial charge in [-0.1, -0.05) is 84.6 Å². The van der Waals surface area contributed by atoms with Gasteiger partial charge in [0, 0.05) is 83.2 Å². The van der Waals surface area contributed by atoms with Gasteiger partial charge in [0.2, 0.25) is 0 Å². The van der Waals surface area contributed by atoms with Gasteiger partial charge in [0.1, 0.15) is 17.7 Å². The Hall–Kier alpha value is -5.78. The van der Waals surface area contributed by atoms with E-state index in [1.807, 2.05) is 85.1 Å². The number of pyridine rings is 2. The van der Waals surface area contributed by atoms with Crippen molar-refractivity contribution < 1.29 is 71.3 Å². The Balaban J connectivity index is 0.000000193. The minimum absolute atomic E-state index is 0. The molecule has 9 aromatic rings. The van der Waals surface area contributed by atoms with Gasteiger partial charge < -0.3 is 19.6 Å². The van der Waals surface area contributed by atoms with Gasteiger partial charge in [0.15, 0.2) is 11.8 Å². The summed E-state index contributed by atoms with van der Waals surface area (Å²) in [6.07, 6.45) is 5.72. The number of imidazole rings is 1. The second-order valence-electron chi connectivity index (χ2n) is 13.9. The molecule has 0 N–H and O–H groups in total. The summed E-state index contributed by atoms with van der Waals surface area (Å²) in [5, 5.41) is 0. The molecule has 9 nitrogen and oxygen atoms in total. The fraction of sp³-hybridized carbons (Fsp3) is 0.0400. The molecule has 0 saturated carbocycles. The molecule has 0 bridgehead atoms. The molecule has 0 saturated heterocycles. The molecule has 12 heteroatoms. The molecule has 6 aromatic carbocycles. The number of fused-ring (bicyclic) bond motifs is 2. The van der Waals surface area contributed by atoms with Gasteiger partial charge >= 0.3 is 29.9 Å². The van der Waals surface area contributed by atoms with Crippen LogP contribution in [0, 0.1) is 12.7 Å². The van der Waals surface area contributed by atoms with Crippen molar-refractivity contribution in [3.8, 4) is 5.69 Å². The molecule has 0 amide bonds. The summed E-state index contributed by atoms with van der Waals surface area (Å²) in [6, 6.07) is 68.0. The van der Waals surface area contributed by atoms with Gasteiger partial charge in [0.25, 0.3) is 0 Å². The van der Waals surface area contributed by atoms with Gasteiger partial charge in [0.05, 0.1) is 12.7 Å². The summed E-state index contributed by atoms with van der Waals surface area (Å²) in [5.41, 5.74) is 11.8. The first-order valence-electron chi connectivity index (χ1n) is 19.3. The van der Waals surface area contributed by atoms with E-state index in [1.54, 1.807) is 21.0 Å². The number of nitrogens with zero attached hydrogens (tertiary/aromatic N) is 8. The fourth-order valence-electron chi connectivity index (χ4n) is 7.38. The second-order valence-corrected chi connectivity index (χ2v) is 13.9. The van der Waals surface area contributed by atoms with E-state index in [1.165, 1.54) is 0 Å². The molecule has 3 aromatic heterocycles. The van der Waals surface area contributed by atoms with Crippen LogP contribution in [0.25, 0.3) is 16.9 Å². The van der Waals surface area contributed by atoms with Crippen molar-refractivity contribution in [3.05, 3.63) is 220 Å². The van der Waals surface area contributed by atoms with Gasteiger partial charge in [-0.2, -0.15) is 18.8 Å². The predicted octanol–water partition coefficient (Wildman–Crippen LogP) is 11.3. The molecule has 0 fully saturated rings. The number of hydrogen-bond donors (Lipinski definition) is 0. The Kier molecular flexibility index (Phi) is 16.1. The van der Waals surface area contributed by atoms with Crippen molar-refractivity contribution in [3.63, 3.8) is 0 Å². The zero-order valence-electron chi connectivity index (χ0n) is 33.6. The Bertz CT molecular complexity index is 2720. The zero-order chi connectivity index (χ0) is 41.3. The standard InChI is InChI=1S/C25H21N4.C25H20N4.2Ag.Ir.O/c2*1-27-19-28(24-16-9-17-26-25(24)27)22-14-8-15-23(18-22)29(20-10-4-2-5-11-20)21-12-6-3-7-13-21;;;;/h2-19H,1H3;2-13,15-19H,1H3;;;;/q+1;-2;;;;. The van der Waals surface area contributed by atoms with Crippen molar-refractivity contribution in [2.24, 2.45) is 7.05 Å². The van der Waals surface area contributed by atoms with Crippen LogP contribution in [0.3, 0.4) is 0 Å². The topological polar surface area (TPSA) is 64.6 Å². The van der Waals surface area contributed by atoms with E-state index < -0.39 is 0 Å². The Labute approximate surface area is 404 Å². The zero-order valence-corrected chi connectivity index (χ0v) is 39.0. The number of hydrogen-bond acceptors (Lipinski definition) is 7. The Morgan fingerprint density at radius 2 is 1.10 bits per heavy atom. The average Bonchev–Trinajstić information content (AvgIpc) is 3.85. The Morgan fingerprint density at radius 3 is 1.66 bits per heavy atom. The summed E-state index contributed by atoms with van der Waals surface area (Å²) in [5.74, 6) is 0.939. The van der Waals surface area contributed by atoms with Crippen molar-refractivity contribution in [1.29, 1.82) is 0 Å². The molecular weight excluding hydrogens is 1140 g/mol. The van der Waals surface area contributed by atoms with Gasteiger partial charge in [-0.05, 0) is 92.0 Å². The number of para-hydroxylation sites is 4. The number of rotatable bonds is 8. The molecule has 62 heavy (non-hydrogen) atoms. The maximum absolute atomic E-state index is 8.06. The van der Waals surface area contributed by atoms with E-state index in [0.29, 0.717) is 0 Å². The number of anilines is 9. The molecular formula is C50H41Ag2IrN8O-. The number of aryl methyl sites for hydroxylation is 1. The summed E-state index contributed by atoms with van der Waals surface area (Å²) in [6.45, 7) is 2.04. The molecule has 0 unspecified atom stereocenters. The van der Waals surface area contributed by atoms with E-state index in [-0.39, 0.29) is 42.5 Å². The summed E-state index contributed by atoms with van der Waals surface area (Å²) in [7, 11) is 4.03. The summed E-state index contributed by atoms with van der Waals surface area (Å²) < 4.78 is 12.3. The van der Waals surface area contributed by atoms with Crippen LogP contribution in [0.5, 0.6) is 0 Å². The molecule has 319 valence electrons. The molecule has 0 aliphatic carbocycles. The van der Waals surface area contributed by atoms with Gasteiger partial charge in [-0.15, -0.1) is 22.8 Å². The third-order valence-corrected chi connectivity index (χ3v) is 10.0. The first-order chi connectivity index (χ1) is 29.6. The monoisotopic (exact) mass is 1180 g/mol. The van der Waals surface area contributed by atoms with E-state index in [9.17, 15) is 0 Å². The van der Waals surface area contributed by atoms with E-state index in [0.717, 1.165) is 68.2 Å². The SMILES string of the molecule is CN1[CH-]N(c2[c-]ccc(N(c3ccccc3)c3ccccc3)c2)c2cccnc21.C[n+]1cn(-c2cccc(N(c3ccccc3)c3ccccc3)c2)c2cccnc21.[Ag].[Ir].[O]=[Ag]. The van der Waals surface area contributed by atoms with Crippen molar-refractivity contribution in [1.82, 2.24) is 14.5 Å². The van der Waals surface area contributed by atoms with Crippen LogP contribution >= 0.6 is 0 Å². The molecule has 2 radical (unpaired) electrons. The van der Waals surface area contributed by atoms with Crippen LogP contribution < -0.4 is 24.2 Å². The third-order valence-electron chi connectivity index (χ3n) is 10.0.